The molecule has 0 saturated heterocycles. The quantitative estimate of drug-likeness (QED) is 0.0534. The smallest absolute Gasteiger partial charge is 0.266 e. The zero-order chi connectivity index (χ0) is 95.4. The number of carbonyl (C=O) groups is 4. The summed E-state index contributed by atoms with van der Waals surface area (Å²) >= 11 is 15.7. The number of rotatable bonds is 16. The molecule has 12 heteroatoms. The Hall–Kier alpha value is -13.6. The van der Waals surface area contributed by atoms with Gasteiger partial charge in [0.05, 0.1) is 33.6 Å². The van der Waals surface area contributed by atoms with Gasteiger partial charge in [-0.25, -0.2) is 9.80 Å². The Morgan fingerprint density at radius 1 is 0.279 bits per heavy atom. The Bertz CT molecular complexity index is 7770. The molecule has 21 rings (SSSR count). The molecule has 2 atom stereocenters. The molecule has 1 unspecified atom stereocenters. The van der Waals surface area contributed by atoms with E-state index in [1.54, 1.807) is 0 Å². The van der Waals surface area contributed by atoms with Crippen LogP contribution in [0.3, 0.4) is 0 Å². The second-order valence-electron chi connectivity index (χ2n) is 43.0. The topological polar surface area (TPSA) is 112 Å². The number of hydrogen-bond donors (Lipinski definition) is 0. The predicted octanol–water partition coefficient (Wildman–Crippen LogP) is 35.1. The first-order chi connectivity index (χ1) is 64.8. The number of anilines is 2. The number of nitrogens with zero attached hydrogens (tertiary/aromatic N) is 2. The highest BCUT2D eigenvalue weighted by Gasteiger charge is 2.44. The number of allylic oxidation sites excluding steroid dienone is 6. The highest BCUT2D eigenvalue weighted by Crippen LogP contribution is 2.59. The summed E-state index contributed by atoms with van der Waals surface area (Å²) in [5.74, 6) is 1.98. The molecule has 2 aliphatic heterocycles. The van der Waals surface area contributed by atoms with Crippen molar-refractivity contribution in [3.05, 3.63) is 348 Å². The zero-order valence-corrected chi connectivity index (χ0v) is 82.3. The standard InChI is InChI=1S/C124H110Cl2N2O8/c1-65(2)81-25-21-26-82(66(3)4)115(81)127-117(129)95-61-101(133-77-45-37-73(38-46-77)121(9,10)11)109-89-31-23-29-87-85(53-55-91(105(87)89)111-103(63-97(119(127)131)107(95)113(109)111)135-79-49-41-75(42-50-79)123(15,16)17)93-57-69-33-34-70-58-94(100(126)60-72(70)36-35-71(69)59-99(93)125)86-54-56-92-106-88(86)30-24-32-90(106)110-102(134-78-47-39-74(40-48-78)122(12,13)14)62-96-108-98(64-104(112(92)114(108)110)136-80-51-43-76(44-52-80)124(18,19)20)120(132)128(118(96)130)116-83(67(5)6)27-22-28-84(116)68(7)8/h21-69,71H,1-20H3/b34-33-,36-35-/t69?,71-/m1/s1. The van der Waals surface area contributed by atoms with E-state index in [0.717, 1.165) is 143 Å². The minimum atomic E-state index is -0.434. The van der Waals surface area contributed by atoms with E-state index >= 15 is 19.2 Å². The van der Waals surface area contributed by atoms with Gasteiger partial charge in [0.25, 0.3) is 23.6 Å². The van der Waals surface area contributed by atoms with Crippen molar-refractivity contribution in [2.75, 3.05) is 9.80 Å². The Labute approximate surface area is 805 Å². The lowest BCUT2D eigenvalue weighted by molar-refractivity contribution is 0.0877. The normalized spacial score (nSPS) is 15.9. The molecule has 0 bridgehead atoms. The highest BCUT2D eigenvalue weighted by atomic mass is 35.5. The van der Waals surface area contributed by atoms with Gasteiger partial charge in [-0.05, 0) is 246 Å². The minimum Gasteiger partial charge on any atom is -0.457 e. The molecule has 10 nitrogen and oxygen atoms in total. The van der Waals surface area contributed by atoms with Crippen LogP contribution in [0.25, 0.3) is 115 Å². The number of carbonyl (C=O) groups excluding carboxylic acids is 4. The van der Waals surface area contributed by atoms with Crippen LogP contribution in [0.4, 0.5) is 11.4 Å². The van der Waals surface area contributed by atoms with Gasteiger partial charge in [0.15, 0.2) is 0 Å². The van der Waals surface area contributed by atoms with Gasteiger partial charge in [-0.15, -0.1) is 0 Å². The largest absolute Gasteiger partial charge is 0.457 e. The van der Waals surface area contributed by atoms with Crippen LogP contribution in [0.5, 0.6) is 46.0 Å². The summed E-state index contributed by atoms with van der Waals surface area (Å²) in [6.07, 6.45) is 13.3. The van der Waals surface area contributed by atoms with Gasteiger partial charge in [0.2, 0.25) is 0 Å². The number of halogens is 2. The summed E-state index contributed by atoms with van der Waals surface area (Å²) in [6.45, 7) is 43.1. The van der Waals surface area contributed by atoms with Gasteiger partial charge in [-0.2, -0.15) is 0 Å². The van der Waals surface area contributed by atoms with Crippen molar-refractivity contribution in [2.24, 2.45) is 11.8 Å². The Balaban J connectivity index is 0.729. The van der Waals surface area contributed by atoms with Crippen LogP contribution in [0.1, 0.15) is 265 Å². The molecular formula is C124H110Cl2N2O8. The molecule has 0 spiro atoms. The van der Waals surface area contributed by atoms with E-state index in [-0.39, 0.29) is 57.2 Å². The fourth-order valence-electron chi connectivity index (χ4n) is 21.4. The molecule has 2 heterocycles. The van der Waals surface area contributed by atoms with E-state index in [1.165, 1.54) is 9.80 Å². The van der Waals surface area contributed by atoms with Crippen molar-refractivity contribution in [3.8, 4) is 57.1 Å². The third kappa shape index (κ3) is 14.6. The first kappa shape index (κ1) is 88.9. The molecule has 678 valence electrons. The van der Waals surface area contributed by atoms with E-state index in [9.17, 15) is 0 Å². The van der Waals surface area contributed by atoms with Crippen molar-refractivity contribution in [1.29, 1.82) is 0 Å². The number of hydrogen-bond acceptors (Lipinski definition) is 8. The van der Waals surface area contributed by atoms with Crippen LogP contribution in [0, 0.1) is 11.8 Å². The summed E-state index contributed by atoms with van der Waals surface area (Å²) in [5, 5.41) is 13.6. The Morgan fingerprint density at radius 3 is 0.890 bits per heavy atom. The molecule has 17 aromatic rings. The molecular weight excluding hydrogens is 1720 g/mol. The molecule has 0 fully saturated rings. The third-order valence-corrected chi connectivity index (χ3v) is 29.3. The van der Waals surface area contributed by atoms with Crippen molar-refractivity contribution >= 4 is 162 Å². The van der Waals surface area contributed by atoms with Gasteiger partial charge in [-0.1, -0.05) is 344 Å². The fraction of sp³-hybridized carbons (Fsp3) is 0.242. The summed E-state index contributed by atoms with van der Waals surface area (Å²) in [4.78, 5) is 67.8. The van der Waals surface area contributed by atoms with Gasteiger partial charge >= 0.3 is 0 Å². The van der Waals surface area contributed by atoms with Crippen molar-refractivity contribution < 1.29 is 38.1 Å². The van der Waals surface area contributed by atoms with Crippen molar-refractivity contribution in [3.63, 3.8) is 0 Å². The lowest BCUT2D eigenvalue weighted by Gasteiger charge is -2.33. The molecule has 2 aliphatic carbocycles. The van der Waals surface area contributed by atoms with Crippen molar-refractivity contribution in [1.82, 2.24) is 0 Å². The summed E-state index contributed by atoms with van der Waals surface area (Å²) in [5.41, 5.74) is 15.6. The third-order valence-electron chi connectivity index (χ3n) is 28.6. The molecule has 4 aliphatic rings. The first-order valence-electron chi connectivity index (χ1n) is 47.7. The Kier molecular flexibility index (Phi) is 21.3. The van der Waals surface area contributed by atoms with E-state index in [4.69, 9.17) is 42.1 Å². The van der Waals surface area contributed by atoms with Gasteiger partial charge in [0, 0.05) is 70.5 Å². The van der Waals surface area contributed by atoms with Gasteiger partial charge in [0.1, 0.15) is 46.0 Å². The Morgan fingerprint density at radius 2 is 0.566 bits per heavy atom. The molecule has 0 saturated carbocycles. The van der Waals surface area contributed by atoms with Crippen LogP contribution >= 0.6 is 23.2 Å². The van der Waals surface area contributed by atoms with E-state index in [2.05, 4.69) is 296 Å². The van der Waals surface area contributed by atoms with Crippen LogP contribution in [0.15, 0.2) is 260 Å². The maximum Gasteiger partial charge on any atom is 0.266 e. The van der Waals surface area contributed by atoms with Crippen LogP contribution in [-0.2, 0) is 21.7 Å². The number of amides is 4. The maximum atomic E-state index is 16.3. The second kappa shape index (κ2) is 32.6. The number of ether oxygens (including phenoxy) is 4. The molecule has 4 amide bonds. The average molecular weight is 1830 g/mol. The molecule has 136 heavy (non-hydrogen) atoms. The van der Waals surface area contributed by atoms with Crippen LogP contribution in [-0.4, -0.2) is 23.6 Å². The molecule has 0 N–H and O–H groups in total. The zero-order valence-electron chi connectivity index (χ0n) is 80.8. The summed E-state index contributed by atoms with van der Waals surface area (Å²) < 4.78 is 29.4. The van der Waals surface area contributed by atoms with Crippen LogP contribution in [0.2, 0.25) is 5.02 Å². The lowest BCUT2D eigenvalue weighted by atomic mass is 9.79. The minimum absolute atomic E-state index is 0.0271. The summed E-state index contributed by atoms with van der Waals surface area (Å²) in [6, 6.07) is 78.1. The number of imide groups is 2. The van der Waals surface area contributed by atoms with E-state index in [1.807, 2.05) is 109 Å². The van der Waals surface area contributed by atoms with Gasteiger partial charge < -0.3 is 18.9 Å². The van der Waals surface area contributed by atoms with E-state index < -0.39 is 23.6 Å². The lowest BCUT2D eigenvalue weighted by Crippen LogP contribution is -2.42. The molecule has 0 aromatic heterocycles. The molecule has 17 aromatic carbocycles. The van der Waals surface area contributed by atoms with Crippen LogP contribution < -0.4 is 28.7 Å². The second-order valence-corrected chi connectivity index (χ2v) is 43.8. The maximum absolute atomic E-state index is 16.3. The van der Waals surface area contributed by atoms with E-state index in [0.29, 0.717) is 111 Å². The number of para-hydroxylation sites is 2. The molecule has 0 radical (unpaired) electrons. The monoisotopic (exact) mass is 1820 g/mol. The summed E-state index contributed by atoms with van der Waals surface area (Å²) in [7, 11) is 0. The predicted molar refractivity (Wildman–Crippen MR) is 565 cm³/mol. The first-order valence-corrected chi connectivity index (χ1v) is 48.5. The SMILES string of the molecule is CC(C)c1cccc(C(C)C)c1N1C(=O)c2cc(Oc3ccc(C(C)(C)C)cc3)c3c4cccc5c(C6=CC7/C=C\c8cc(-c9ccc%10c%11c(Oc%12ccc(C(C)(C)C)cc%12)cc%12c%13c(cc(Oc%14ccc(C(C)(C)C)cc%14)c(c%14cccc9c%14%10)c%13%11)C(=O)N(c9c(C(C)C)cccc9C(C)C)C%12=O)c(Cl)cc8/C=C\[C@@H]7C=C6Cl)ccc(c6c(Oc7ccc(C(C)(C)C)cc7)cc(c2c36)C1=O)c54. The fourth-order valence-corrected chi connectivity index (χ4v) is 22.0. The number of fused-ring (bicyclic) bond motifs is 6. The number of benzene rings is 17. The van der Waals surface area contributed by atoms with Gasteiger partial charge in [-0.3, -0.25) is 19.2 Å². The highest BCUT2D eigenvalue weighted by molar-refractivity contribution is 6.47. The van der Waals surface area contributed by atoms with Crippen molar-refractivity contribution in [2.45, 2.75) is 184 Å². The average Bonchev–Trinajstić information content (AvgIpc) is 0.684.